The standard InChI is InChI=1S/C11H11ClFN3/c1-2-14-11-15-5-6-16(11)10-4-3-8(13)7-9(10)12/h3-7H,2H2,1H3,(H,14,15). The Bertz CT molecular complexity index is 496. The summed E-state index contributed by atoms with van der Waals surface area (Å²) in [6, 6.07) is 4.28. The number of nitrogens with one attached hydrogen (secondary N) is 1. The lowest BCUT2D eigenvalue weighted by atomic mass is 10.3. The summed E-state index contributed by atoms with van der Waals surface area (Å²) >= 11 is 5.98. The monoisotopic (exact) mass is 239 g/mol. The molecule has 0 saturated carbocycles. The highest BCUT2D eigenvalue weighted by Crippen LogP contribution is 2.23. The SMILES string of the molecule is CCNc1nccn1-c1ccc(F)cc1Cl. The Hall–Kier alpha value is -1.55. The van der Waals surface area contributed by atoms with E-state index >= 15 is 0 Å². The first kappa shape index (κ1) is 11.0. The fourth-order valence-corrected chi connectivity index (χ4v) is 1.72. The Labute approximate surface area is 97.9 Å². The van der Waals surface area contributed by atoms with Crippen LogP contribution in [0.25, 0.3) is 5.69 Å². The van der Waals surface area contributed by atoms with Gasteiger partial charge < -0.3 is 5.32 Å². The zero-order valence-corrected chi connectivity index (χ0v) is 9.50. The Morgan fingerprint density at radius 2 is 2.31 bits per heavy atom. The summed E-state index contributed by atoms with van der Waals surface area (Å²) < 4.78 is 14.7. The van der Waals surface area contributed by atoms with Crippen LogP contribution in [0.2, 0.25) is 5.02 Å². The first-order valence-electron chi connectivity index (χ1n) is 4.95. The van der Waals surface area contributed by atoms with Crippen LogP contribution in [-0.4, -0.2) is 16.1 Å². The molecule has 0 fully saturated rings. The molecule has 2 rings (SSSR count). The van der Waals surface area contributed by atoms with Gasteiger partial charge in [0.15, 0.2) is 0 Å². The lowest BCUT2D eigenvalue weighted by Crippen LogP contribution is -2.05. The summed E-state index contributed by atoms with van der Waals surface area (Å²) in [5.41, 5.74) is 0.705. The van der Waals surface area contributed by atoms with E-state index < -0.39 is 0 Å². The van der Waals surface area contributed by atoms with E-state index in [4.69, 9.17) is 11.6 Å². The van der Waals surface area contributed by atoms with Crippen LogP contribution in [0.4, 0.5) is 10.3 Å². The largest absolute Gasteiger partial charge is 0.356 e. The van der Waals surface area contributed by atoms with Crippen molar-refractivity contribution in [1.29, 1.82) is 0 Å². The van der Waals surface area contributed by atoms with Gasteiger partial charge in [0.1, 0.15) is 5.82 Å². The molecule has 1 aromatic carbocycles. The van der Waals surface area contributed by atoms with Crippen LogP contribution in [-0.2, 0) is 0 Å². The fraction of sp³-hybridized carbons (Fsp3) is 0.182. The van der Waals surface area contributed by atoms with Gasteiger partial charge in [-0.1, -0.05) is 11.6 Å². The minimum absolute atomic E-state index is 0.348. The number of nitrogens with zero attached hydrogens (tertiary/aromatic N) is 2. The molecule has 2 aromatic rings. The van der Waals surface area contributed by atoms with Crippen LogP contribution >= 0.6 is 11.6 Å². The maximum atomic E-state index is 12.9. The van der Waals surface area contributed by atoms with E-state index in [0.29, 0.717) is 16.7 Å². The highest BCUT2D eigenvalue weighted by molar-refractivity contribution is 6.32. The van der Waals surface area contributed by atoms with Crippen LogP contribution in [0.15, 0.2) is 30.6 Å². The predicted molar refractivity (Wildman–Crippen MR) is 62.7 cm³/mol. The third-order valence-corrected chi connectivity index (χ3v) is 2.45. The molecule has 0 spiro atoms. The summed E-state index contributed by atoms with van der Waals surface area (Å²) in [6.45, 7) is 2.74. The van der Waals surface area contributed by atoms with E-state index in [2.05, 4.69) is 10.3 Å². The minimum Gasteiger partial charge on any atom is -0.356 e. The van der Waals surface area contributed by atoms with Gasteiger partial charge in [-0.25, -0.2) is 9.37 Å². The second-order valence-electron chi connectivity index (χ2n) is 3.25. The molecular weight excluding hydrogens is 229 g/mol. The molecule has 1 N–H and O–H groups in total. The lowest BCUT2D eigenvalue weighted by molar-refractivity contribution is 0.627. The summed E-state index contributed by atoms with van der Waals surface area (Å²) in [6.07, 6.45) is 3.44. The molecule has 0 aliphatic heterocycles. The normalized spacial score (nSPS) is 10.4. The summed E-state index contributed by atoms with van der Waals surface area (Å²) in [5, 5.41) is 3.45. The van der Waals surface area contributed by atoms with Crippen molar-refractivity contribution in [2.24, 2.45) is 0 Å². The molecule has 0 bridgehead atoms. The van der Waals surface area contributed by atoms with Crippen LogP contribution in [0, 0.1) is 5.82 Å². The second kappa shape index (κ2) is 4.53. The van der Waals surface area contributed by atoms with Gasteiger partial charge in [-0.3, -0.25) is 4.57 Å². The number of benzene rings is 1. The Balaban J connectivity index is 2.46. The van der Waals surface area contributed by atoms with Gasteiger partial charge in [0.25, 0.3) is 0 Å². The van der Waals surface area contributed by atoms with Gasteiger partial charge >= 0.3 is 0 Å². The Kier molecular flexibility index (Phi) is 3.10. The van der Waals surface area contributed by atoms with Gasteiger partial charge in [0.05, 0.1) is 10.7 Å². The van der Waals surface area contributed by atoms with E-state index in [1.807, 2.05) is 6.92 Å². The number of hydrogen-bond acceptors (Lipinski definition) is 2. The van der Waals surface area contributed by atoms with Gasteiger partial charge in [-0.15, -0.1) is 0 Å². The zero-order valence-electron chi connectivity index (χ0n) is 8.74. The van der Waals surface area contributed by atoms with Crippen molar-refractivity contribution < 1.29 is 4.39 Å². The molecule has 0 amide bonds. The van der Waals surface area contributed by atoms with E-state index in [1.165, 1.54) is 12.1 Å². The molecular formula is C11H11ClFN3. The van der Waals surface area contributed by atoms with Crippen molar-refractivity contribution in [2.75, 3.05) is 11.9 Å². The molecule has 0 aliphatic carbocycles. The molecule has 84 valence electrons. The minimum atomic E-state index is -0.348. The van der Waals surface area contributed by atoms with Gasteiger partial charge in [0.2, 0.25) is 5.95 Å². The lowest BCUT2D eigenvalue weighted by Gasteiger charge is -2.09. The van der Waals surface area contributed by atoms with E-state index in [1.54, 1.807) is 23.0 Å². The molecule has 3 nitrogen and oxygen atoms in total. The summed E-state index contributed by atoms with van der Waals surface area (Å²) in [5.74, 6) is 0.342. The molecule has 1 aromatic heterocycles. The molecule has 0 saturated heterocycles. The average Bonchev–Trinajstić information content (AvgIpc) is 2.67. The van der Waals surface area contributed by atoms with Crippen LogP contribution in [0.1, 0.15) is 6.92 Å². The Morgan fingerprint density at radius 3 is 3.00 bits per heavy atom. The maximum absolute atomic E-state index is 12.9. The summed E-state index contributed by atoms with van der Waals surface area (Å²) in [7, 11) is 0. The van der Waals surface area contributed by atoms with Crippen molar-refractivity contribution >= 4 is 17.5 Å². The number of aromatic nitrogens is 2. The molecule has 1 heterocycles. The number of anilines is 1. The molecule has 16 heavy (non-hydrogen) atoms. The third-order valence-electron chi connectivity index (χ3n) is 2.14. The van der Waals surface area contributed by atoms with Crippen molar-refractivity contribution in [3.63, 3.8) is 0 Å². The van der Waals surface area contributed by atoms with Crippen LogP contribution in [0.5, 0.6) is 0 Å². The fourth-order valence-electron chi connectivity index (χ4n) is 1.46. The highest BCUT2D eigenvalue weighted by Gasteiger charge is 2.08. The van der Waals surface area contributed by atoms with E-state index in [9.17, 15) is 4.39 Å². The van der Waals surface area contributed by atoms with Gasteiger partial charge in [0, 0.05) is 18.9 Å². The first-order valence-corrected chi connectivity index (χ1v) is 5.33. The Morgan fingerprint density at radius 1 is 1.50 bits per heavy atom. The van der Waals surface area contributed by atoms with Crippen molar-refractivity contribution in [3.8, 4) is 5.69 Å². The maximum Gasteiger partial charge on any atom is 0.207 e. The van der Waals surface area contributed by atoms with E-state index in [-0.39, 0.29) is 5.82 Å². The number of halogens is 2. The third kappa shape index (κ3) is 2.02. The highest BCUT2D eigenvalue weighted by atomic mass is 35.5. The smallest absolute Gasteiger partial charge is 0.207 e. The number of imidazole rings is 1. The van der Waals surface area contributed by atoms with Crippen molar-refractivity contribution in [1.82, 2.24) is 9.55 Å². The quantitative estimate of drug-likeness (QED) is 0.892. The topological polar surface area (TPSA) is 29.9 Å². The average molecular weight is 240 g/mol. The molecule has 0 unspecified atom stereocenters. The van der Waals surface area contributed by atoms with Crippen molar-refractivity contribution in [3.05, 3.63) is 41.4 Å². The zero-order chi connectivity index (χ0) is 11.5. The number of hydrogen-bond donors (Lipinski definition) is 1. The first-order chi connectivity index (χ1) is 7.72. The second-order valence-corrected chi connectivity index (χ2v) is 3.65. The van der Waals surface area contributed by atoms with Crippen LogP contribution in [0.3, 0.4) is 0 Å². The van der Waals surface area contributed by atoms with Gasteiger partial charge in [-0.2, -0.15) is 0 Å². The number of rotatable bonds is 3. The van der Waals surface area contributed by atoms with Crippen molar-refractivity contribution in [2.45, 2.75) is 6.92 Å². The van der Waals surface area contributed by atoms with Gasteiger partial charge in [-0.05, 0) is 25.1 Å². The van der Waals surface area contributed by atoms with Crippen LogP contribution < -0.4 is 5.32 Å². The molecule has 0 aliphatic rings. The molecule has 0 radical (unpaired) electrons. The molecule has 0 atom stereocenters. The van der Waals surface area contributed by atoms with E-state index in [0.717, 1.165) is 6.54 Å². The summed E-state index contributed by atoms with van der Waals surface area (Å²) in [4.78, 5) is 4.15. The molecule has 5 heteroatoms. The predicted octanol–water partition coefficient (Wildman–Crippen LogP) is 3.10.